The van der Waals surface area contributed by atoms with E-state index in [9.17, 15) is 4.79 Å². The number of carbonyl (C=O) groups excluding carboxylic acids is 1. The number of fused-ring (bicyclic) bond motifs is 1. The Morgan fingerprint density at radius 2 is 2.35 bits per heavy atom. The molecule has 122 valence electrons. The molecular formula is C17H22N4OS. The lowest BCUT2D eigenvalue weighted by molar-refractivity contribution is 0.186. The molecule has 0 saturated heterocycles. The molecule has 0 aromatic carbocycles. The molecule has 0 unspecified atom stereocenters. The molecule has 2 aromatic heterocycles. The lowest BCUT2D eigenvalue weighted by atomic mass is 10.1. The van der Waals surface area contributed by atoms with Crippen molar-refractivity contribution in [3.63, 3.8) is 0 Å². The van der Waals surface area contributed by atoms with Gasteiger partial charge in [0.05, 0.1) is 0 Å². The summed E-state index contributed by atoms with van der Waals surface area (Å²) >= 11 is 1.85. The van der Waals surface area contributed by atoms with E-state index in [-0.39, 0.29) is 6.03 Å². The van der Waals surface area contributed by atoms with Gasteiger partial charge in [0.25, 0.3) is 0 Å². The van der Waals surface area contributed by atoms with Crippen LogP contribution in [0.4, 0.5) is 4.79 Å². The average molecular weight is 330 g/mol. The molecule has 23 heavy (non-hydrogen) atoms. The second-order valence-electron chi connectivity index (χ2n) is 5.86. The molecule has 3 rings (SSSR count). The monoisotopic (exact) mass is 330 g/mol. The number of pyridine rings is 1. The summed E-state index contributed by atoms with van der Waals surface area (Å²) in [4.78, 5) is 19.9. The molecule has 0 bridgehead atoms. The van der Waals surface area contributed by atoms with Gasteiger partial charge in [-0.15, -0.1) is 11.3 Å². The number of hydrogen-bond donors (Lipinski definition) is 2. The molecule has 1 aliphatic heterocycles. The summed E-state index contributed by atoms with van der Waals surface area (Å²) in [5.74, 6) is 0. The Bertz CT molecular complexity index is 643. The van der Waals surface area contributed by atoms with Gasteiger partial charge in [0, 0.05) is 49.5 Å². The second kappa shape index (κ2) is 7.57. The summed E-state index contributed by atoms with van der Waals surface area (Å²) in [6, 6.07) is 6.22. The molecule has 0 aliphatic carbocycles. The Hall–Kier alpha value is -1.92. The topological polar surface area (TPSA) is 57.3 Å². The van der Waals surface area contributed by atoms with Gasteiger partial charge < -0.3 is 10.6 Å². The first-order valence-electron chi connectivity index (χ1n) is 7.92. The zero-order chi connectivity index (χ0) is 16.1. The van der Waals surface area contributed by atoms with Crippen molar-refractivity contribution in [2.45, 2.75) is 32.5 Å². The van der Waals surface area contributed by atoms with Crippen LogP contribution < -0.4 is 10.6 Å². The summed E-state index contributed by atoms with van der Waals surface area (Å²) in [6.07, 6.45) is 4.60. The Morgan fingerprint density at radius 3 is 3.17 bits per heavy atom. The van der Waals surface area contributed by atoms with E-state index in [0.717, 1.165) is 25.1 Å². The minimum absolute atomic E-state index is 0.131. The third kappa shape index (κ3) is 4.30. The molecule has 0 saturated carbocycles. The molecule has 6 heteroatoms. The number of amides is 2. The molecule has 1 aliphatic rings. The normalized spacial score (nSPS) is 15.7. The maximum Gasteiger partial charge on any atom is 0.315 e. The molecule has 0 spiro atoms. The number of nitrogens with one attached hydrogen (secondary N) is 2. The third-order valence-electron chi connectivity index (χ3n) is 4.19. The zero-order valence-corrected chi connectivity index (χ0v) is 14.1. The van der Waals surface area contributed by atoms with E-state index >= 15 is 0 Å². The van der Waals surface area contributed by atoms with Crippen LogP contribution >= 0.6 is 11.3 Å². The quantitative estimate of drug-likeness (QED) is 0.885. The maximum absolute atomic E-state index is 11.9. The van der Waals surface area contributed by atoms with Crippen LogP contribution in [0.3, 0.4) is 0 Å². The Kier molecular flexibility index (Phi) is 5.25. The number of thiophene rings is 1. The average Bonchev–Trinajstić information content (AvgIpc) is 3.06. The summed E-state index contributed by atoms with van der Waals surface area (Å²) < 4.78 is 0. The van der Waals surface area contributed by atoms with Crippen LogP contribution in [-0.2, 0) is 19.5 Å². The van der Waals surface area contributed by atoms with Crippen molar-refractivity contribution in [1.82, 2.24) is 20.5 Å². The van der Waals surface area contributed by atoms with Crippen LogP contribution in [0.2, 0.25) is 0 Å². The largest absolute Gasteiger partial charge is 0.337 e. The van der Waals surface area contributed by atoms with Gasteiger partial charge in [-0.25, -0.2) is 4.79 Å². The van der Waals surface area contributed by atoms with E-state index in [4.69, 9.17) is 0 Å². The first-order chi connectivity index (χ1) is 11.2. The highest BCUT2D eigenvalue weighted by Crippen LogP contribution is 2.24. The highest BCUT2D eigenvalue weighted by molar-refractivity contribution is 7.10. The van der Waals surface area contributed by atoms with Gasteiger partial charge in [0.15, 0.2) is 0 Å². The number of hydrogen-bond acceptors (Lipinski definition) is 4. The number of urea groups is 1. The van der Waals surface area contributed by atoms with Gasteiger partial charge in [0.1, 0.15) is 0 Å². The Labute approximate surface area is 140 Å². The van der Waals surface area contributed by atoms with E-state index in [2.05, 4.69) is 38.9 Å². The van der Waals surface area contributed by atoms with Crippen LogP contribution in [0.1, 0.15) is 22.9 Å². The summed E-state index contributed by atoms with van der Waals surface area (Å²) in [5.41, 5.74) is 2.44. The van der Waals surface area contributed by atoms with Gasteiger partial charge in [-0.1, -0.05) is 6.07 Å². The molecule has 1 atom stereocenters. The summed E-state index contributed by atoms with van der Waals surface area (Å²) in [7, 11) is 0. The highest BCUT2D eigenvalue weighted by Gasteiger charge is 2.21. The van der Waals surface area contributed by atoms with Crippen LogP contribution in [0.15, 0.2) is 36.0 Å². The van der Waals surface area contributed by atoms with E-state index < -0.39 is 0 Å². The van der Waals surface area contributed by atoms with Crippen molar-refractivity contribution >= 4 is 17.4 Å². The number of rotatable bonds is 5. The second-order valence-corrected chi connectivity index (χ2v) is 6.86. The van der Waals surface area contributed by atoms with Crippen molar-refractivity contribution in [1.29, 1.82) is 0 Å². The lowest BCUT2D eigenvalue weighted by Crippen LogP contribution is -2.46. The van der Waals surface area contributed by atoms with E-state index in [0.29, 0.717) is 19.1 Å². The fraction of sp³-hybridized carbons (Fsp3) is 0.412. The first kappa shape index (κ1) is 16.0. The lowest BCUT2D eigenvalue weighted by Gasteiger charge is -2.32. The molecule has 0 radical (unpaired) electrons. The van der Waals surface area contributed by atoms with E-state index in [1.54, 1.807) is 12.4 Å². The molecule has 0 fully saturated rings. The highest BCUT2D eigenvalue weighted by atomic mass is 32.1. The molecular weight excluding hydrogens is 308 g/mol. The molecule has 2 amide bonds. The fourth-order valence-corrected chi connectivity index (χ4v) is 3.65. The Morgan fingerprint density at radius 1 is 1.43 bits per heavy atom. The van der Waals surface area contributed by atoms with Crippen molar-refractivity contribution in [2.75, 3.05) is 13.1 Å². The Balaban J connectivity index is 1.40. The number of carbonyl (C=O) groups is 1. The minimum Gasteiger partial charge on any atom is -0.337 e. The molecule has 3 heterocycles. The van der Waals surface area contributed by atoms with E-state index in [1.807, 2.05) is 23.5 Å². The van der Waals surface area contributed by atoms with Crippen LogP contribution in [0, 0.1) is 0 Å². The maximum atomic E-state index is 11.9. The molecule has 5 nitrogen and oxygen atoms in total. The minimum atomic E-state index is -0.131. The van der Waals surface area contributed by atoms with Gasteiger partial charge in [0.2, 0.25) is 0 Å². The predicted molar refractivity (Wildman–Crippen MR) is 92.4 cm³/mol. The smallest absolute Gasteiger partial charge is 0.315 e. The number of nitrogens with zero attached hydrogens (tertiary/aromatic N) is 2. The SMILES string of the molecule is C[C@@H](CNC(=O)NCc1cccnc1)N1CCc2sccc2C1. The molecule has 2 aromatic rings. The van der Waals surface area contributed by atoms with E-state index in [1.165, 1.54) is 10.4 Å². The summed E-state index contributed by atoms with van der Waals surface area (Å²) in [6.45, 7) is 5.36. The zero-order valence-electron chi connectivity index (χ0n) is 13.3. The van der Waals surface area contributed by atoms with Gasteiger partial charge in [-0.2, -0.15) is 0 Å². The summed E-state index contributed by atoms with van der Waals surface area (Å²) in [5, 5.41) is 7.99. The van der Waals surface area contributed by atoms with Crippen molar-refractivity contribution < 1.29 is 4.79 Å². The van der Waals surface area contributed by atoms with Crippen LogP contribution in [0.5, 0.6) is 0 Å². The first-order valence-corrected chi connectivity index (χ1v) is 8.80. The number of aromatic nitrogens is 1. The standard InChI is InChI=1S/C17H22N4OS/c1-13(21-7-4-16-15(12-21)5-8-23-16)9-19-17(22)20-11-14-3-2-6-18-10-14/h2-3,5-6,8,10,13H,4,7,9,11-12H2,1H3,(H2,19,20,22)/t13-/m0/s1. The fourth-order valence-electron chi connectivity index (χ4n) is 2.76. The third-order valence-corrected chi connectivity index (χ3v) is 5.22. The van der Waals surface area contributed by atoms with Gasteiger partial charge in [-0.05, 0) is 42.0 Å². The van der Waals surface area contributed by atoms with Gasteiger partial charge >= 0.3 is 6.03 Å². The predicted octanol–water partition coefficient (Wildman–Crippen LogP) is 2.39. The van der Waals surface area contributed by atoms with Crippen molar-refractivity contribution in [3.05, 3.63) is 52.0 Å². The van der Waals surface area contributed by atoms with Crippen LogP contribution in [-0.4, -0.2) is 35.0 Å². The van der Waals surface area contributed by atoms with Crippen LogP contribution in [0.25, 0.3) is 0 Å². The molecule has 2 N–H and O–H groups in total. The van der Waals surface area contributed by atoms with Crippen molar-refractivity contribution in [2.24, 2.45) is 0 Å². The van der Waals surface area contributed by atoms with Gasteiger partial charge in [-0.3, -0.25) is 9.88 Å². The van der Waals surface area contributed by atoms with Crippen molar-refractivity contribution in [3.8, 4) is 0 Å².